The van der Waals surface area contributed by atoms with Crippen LogP contribution in [0.25, 0.3) is 0 Å². The molecule has 0 spiro atoms. The van der Waals surface area contributed by atoms with Crippen molar-refractivity contribution in [1.29, 1.82) is 0 Å². The molecule has 0 fully saturated rings. The predicted octanol–water partition coefficient (Wildman–Crippen LogP) is 5.23. The molecule has 2 aliphatic carbocycles. The molecule has 0 nitrogen and oxygen atoms in total. The molecular formula is C16H24Cl2Zr. The van der Waals surface area contributed by atoms with Crippen molar-refractivity contribution in [2.75, 3.05) is 0 Å². The molecule has 0 radical (unpaired) electrons. The van der Waals surface area contributed by atoms with Gasteiger partial charge in [0.15, 0.2) is 0 Å². The monoisotopic (exact) mass is 376 g/mol. The fourth-order valence-electron chi connectivity index (χ4n) is 1.07. The molecule has 0 aromatic carbocycles. The van der Waals surface area contributed by atoms with Crippen LogP contribution in [0.2, 0.25) is 0 Å². The van der Waals surface area contributed by atoms with Gasteiger partial charge in [0.05, 0.1) is 0 Å². The summed E-state index contributed by atoms with van der Waals surface area (Å²) in [6, 6.07) is 0. The standard InChI is InChI=1S/C8H11.C5H5.C3H6.2ClH.Zr/c1-8(2)6-4-3-5-7-8;1-2-4-5-3-1;1-3-2;;;/h4-6H,7H2,1-2H3;1-3H,4H2;1-2H3;2*1H;/q2*-1;;;;+2. The van der Waals surface area contributed by atoms with Crippen molar-refractivity contribution in [2.45, 2.75) is 40.5 Å². The van der Waals surface area contributed by atoms with Crippen LogP contribution in [0.1, 0.15) is 40.5 Å². The fourth-order valence-corrected chi connectivity index (χ4v) is 1.07. The molecule has 2 rings (SSSR count). The summed E-state index contributed by atoms with van der Waals surface area (Å²) >= 11 is 1.55. The summed E-state index contributed by atoms with van der Waals surface area (Å²) in [5.74, 6) is 0. The first kappa shape index (κ1) is 24.3. The Labute approximate surface area is 146 Å². The van der Waals surface area contributed by atoms with E-state index < -0.39 is 0 Å². The average molecular weight is 378 g/mol. The van der Waals surface area contributed by atoms with Crippen LogP contribution in [0.15, 0.2) is 36.5 Å². The van der Waals surface area contributed by atoms with Crippen molar-refractivity contribution in [3.05, 3.63) is 48.6 Å². The third-order valence-corrected chi connectivity index (χ3v) is 1.96. The minimum atomic E-state index is 0. The van der Waals surface area contributed by atoms with E-state index >= 15 is 0 Å². The summed E-state index contributed by atoms with van der Waals surface area (Å²) in [7, 11) is 0. The first-order valence-corrected chi connectivity index (χ1v) is 7.16. The quantitative estimate of drug-likeness (QED) is 0.507. The Hall–Kier alpha value is 0.293. The molecule has 2 aliphatic rings. The van der Waals surface area contributed by atoms with Gasteiger partial charge >= 0.3 is 41.3 Å². The van der Waals surface area contributed by atoms with Crippen molar-refractivity contribution < 1.29 is 24.2 Å². The Bertz CT molecular complexity index is 323. The topological polar surface area (TPSA) is 0 Å². The molecule has 0 bridgehead atoms. The third-order valence-electron chi connectivity index (χ3n) is 1.96. The van der Waals surface area contributed by atoms with Crippen LogP contribution >= 0.6 is 24.8 Å². The van der Waals surface area contributed by atoms with E-state index in [-0.39, 0.29) is 24.8 Å². The van der Waals surface area contributed by atoms with E-state index in [2.05, 4.69) is 58.1 Å². The average Bonchev–Trinajstić information content (AvgIpc) is 2.73. The van der Waals surface area contributed by atoms with Crippen LogP contribution in [-0.4, -0.2) is 3.21 Å². The minimum Gasteiger partial charge on any atom is -0.273 e. The molecule has 0 aromatic rings. The molecular weight excluding hydrogens is 354 g/mol. The van der Waals surface area contributed by atoms with E-state index in [1.54, 1.807) is 24.2 Å². The van der Waals surface area contributed by atoms with Gasteiger partial charge in [-0.1, -0.05) is 25.7 Å². The molecule has 0 heterocycles. The second kappa shape index (κ2) is 14.7. The van der Waals surface area contributed by atoms with E-state index in [1.807, 2.05) is 18.2 Å². The van der Waals surface area contributed by atoms with E-state index in [9.17, 15) is 0 Å². The Balaban J connectivity index is -0.000000206. The minimum absolute atomic E-state index is 0. The van der Waals surface area contributed by atoms with Gasteiger partial charge in [0.2, 0.25) is 0 Å². The molecule has 0 atom stereocenters. The zero-order valence-electron chi connectivity index (χ0n) is 12.2. The van der Waals surface area contributed by atoms with Crippen LogP contribution < -0.4 is 0 Å². The smallest absolute Gasteiger partial charge is 0.109 e. The summed E-state index contributed by atoms with van der Waals surface area (Å²) in [6.45, 7) is 8.69. The second-order valence-electron chi connectivity index (χ2n) is 4.90. The zero-order valence-corrected chi connectivity index (χ0v) is 16.3. The van der Waals surface area contributed by atoms with Gasteiger partial charge in [-0.2, -0.15) is 12.2 Å². The first-order valence-electron chi connectivity index (χ1n) is 5.93. The largest absolute Gasteiger partial charge is 0.273 e. The third kappa shape index (κ3) is 20.8. The molecule has 0 saturated carbocycles. The van der Waals surface area contributed by atoms with Crippen LogP contribution in [0.4, 0.5) is 0 Å². The number of hydrogen-bond donors (Lipinski definition) is 0. The molecule has 0 aromatic heterocycles. The Morgan fingerprint density at radius 3 is 1.95 bits per heavy atom. The van der Waals surface area contributed by atoms with E-state index in [0.717, 1.165) is 12.8 Å². The van der Waals surface area contributed by atoms with Crippen molar-refractivity contribution >= 4 is 28.0 Å². The molecule has 0 unspecified atom stereocenters. The molecule has 106 valence electrons. The van der Waals surface area contributed by atoms with E-state index in [1.165, 1.54) is 3.21 Å². The fraction of sp³-hybridized carbons (Fsp3) is 0.438. The van der Waals surface area contributed by atoms with Crippen LogP contribution in [0.3, 0.4) is 0 Å². The Kier molecular flexibility index (Phi) is 18.8. The normalized spacial score (nSPS) is 16.1. The summed E-state index contributed by atoms with van der Waals surface area (Å²) in [5, 5.41) is 0. The second-order valence-corrected chi connectivity index (χ2v) is 7.36. The maximum atomic E-state index is 3.03. The zero-order chi connectivity index (χ0) is 13.1. The SMILES string of the molecule is CC1(C)C=C[C-]=CC1.C[C](C)=[Zr+2].Cl.Cl.[C-]1=CC=CC1. The van der Waals surface area contributed by atoms with Crippen LogP contribution in [0, 0.1) is 17.6 Å². The summed E-state index contributed by atoms with van der Waals surface area (Å²) in [4.78, 5) is 0. The Morgan fingerprint density at radius 2 is 1.79 bits per heavy atom. The van der Waals surface area contributed by atoms with Crippen molar-refractivity contribution in [1.82, 2.24) is 0 Å². The van der Waals surface area contributed by atoms with Crippen LogP contribution in [-0.2, 0) is 24.2 Å². The van der Waals surface area contributed by atoms with Gasteiger partial charge in [0.1, 0.15) is 0 Å². The molecule has 0 saturated heterocycles. The van der Waals surface area contributed by atoms with Crippen molar-refractivity contribution in [2.24, 2.45) is 5.41 Å². The maximum absolute atomic E-state index is 3.03. The van der Waals surface area contributed by atoms with Gasteiger partial charge < -0.3 is 0 Å². The first-order chi connectivity index (χ1) is 7.94. The van der Waals surface area contributed by atoms with Gasteiger partial charge in [-0.25, -0.2) is 24.3 Å². The molecule has 0 aliphatic heterocycles. The van der Waals surface area contributed by atoms with Gasteiger partial charge in [-0.15, -0.1) is 31.2 Å². The summed E-state index contributed by atoms with van der Waals surface area (Å²) in [5.41, 5.74) is 0.380. The number of halogens is 2. The van der Waals surface area contributed by atoms with Crippen molar-refractivity contribution in [3.8, 4) is 0 Å². The van der Waals surface area contributed by atoms with Crippen LogP contribution in [0.5, 0.6) is 0 Å². The Morgan fingerprint density at radius 1 is 1.21 bits per heavy atom. The van der Waals surface area contributed by atoms with E-state index in [4.69, 9.17) is 0 Å². The summed E-state index contributed by atoms with van der Waals surface area (Å²) < 4.78 is 1.51. The van der Waals surface area contributed by atoms with Crippen molar-refractivity contribution in [3.63, 3.8) is 0 Å². The van der Waals surface area contributed by atoms with Gasteiger partial charge in [0.25, 0.3) is 0 Å². The van der Waals surface area contributed by atoms with Gasteiger partial charge in [-0.05, 0) is 0 Å². The number of hydrogen-bond acceptors (Lipinski definition) is 0. The van der Waals surface area contributed by atoms with E-state index in [0.29, 0.717) is 5.41 Å². The molecule has 3 heteroatoms. The maximum Gasteiger partial charge on any atom is -0.109 e. The van der Waals surface area contributed by atoms with Gasteiger partial charge in [0, 0.05) is 0 Å². The number of allylic oxidation sites excluding steroid dienone is 8. The molecule has 0 amide bonds. The summed E-state index contributed by atoms with van der Waals surface area (Å²) in [6.07, 6.45) is 20.4. The van der Waals surface area contributed by atoms with Gasteiger partial charge in [-0.3, -0.25) is 12.2 Å². The number of rotatable bonds is 0. The predicted molar refractivity (Wildman–Crippen MR) is 87.8 cm³/mol. The molecule has 19 heavy (non-hydrogen) atoms. The molecule has 0 N–H and O–H groups in total.